The maximum absolute atomic E-state index is 13.1. The van der Waals surface area contributed by atoms with Crippen LogP contribution in [0.15, 0.2) is 23.2 Å². The van der Waals surface area contributed by atoms with Gasteiger partial charge in [0.25, 0.3) is 0 Å². The number of nitrogens with one attached hydrogen (secondary N) is 2. The largest absolute Gasteiger partial charge is 0.382 e. The minimum Gasteiger partial charge on any atom is -0.382 e. The minimum absolute atomic E-state index is 0.301. The summed E-state index contributed by atoms with van der Waals surface area (Å²) >= 11 is 5.75. The van der Waals surface area contributed by atoms with E-state index >= 15 is 0 Å². The predicted molar refractivity (Wildman–Crippen MR) is 75.8 cm³/mol. The van der Waals surface area contributed by atoms with E-state index in [9.17, 15) is 4.39 Å². The van der Waals surface area contributed by atoms with Crippen molar-refractivity contribution in [1.29, 1.82) is 0 Å². The van der Waals surface area contributed by atoms with Crippen LogP contribution in [0.4, 0.5) is 10.1 Å². The van der Waals surface area contributed by atoms with Crippen LogP contribution in [0.1, 0.15) is 13.3 Å². The molecule has 19 heavy (non-hydrogen) atoms. The molecule has 0 spiro atoms. The van der Waals surface area contributed by atoms with Crippen molar-refractivity contribution in [2.24, 2.45) is 10.8 Å². The Kier molecular flexibility index (Phi) is 7.17. The normalized spacial score (nSPS) is 11.5. The van der Waals surface area contributed by atoms with E-state index in [1.165, 1.54) is 12.1 Å². The number of nitrogens with two attached hydrogens (primary N) is 1. The van der Waals surface area contributed by atoms with Crippen molar-refractivity contribution in [3.63, 3.8) is 0 Å². The van der Waals surface area contributed by atoms with Crippen LogP contribution < -0.4 is 16.6 Å². The van der Waals surface area contributed by atoms with Gasteiger partial charge in [-0.3, -0.25) is 10.4 Å². The minimum atomic E-state index is -0.428. The number of halogens is 2. The zero-order valence-corrected chi connectivity index (χ0v) is 11.5. The van der Waals surface area contributed by atoms with Gasteiger partial charge in [0.05, 0.1) is 0 Å². The Hall–Kier alpha value is -1.37. The first kappa shape index (κ1) is 15.7. The summed E-state index contributed by atoms with van der Waals surface area (Å²) < 4.78 is 18.3. The Balaban J connectivity index is 2.53. The first-order valence-electron chi connectivity index (χ1n) is 5.97. The zero-order valence-electron chi connectivity index (χ0n) is 10.7. The Bertz CT molecular complexity index is 408. The maximum atomic E-state index is 13.1. The van der Waals surface area contributed by atoms with Gasteiger partial charge in [-0.15, -0.1) is 0 Å². The van der Waals surface area contributed by atoms with Crippen LogP contribution in [-0.4, -0.2) is 25.7 Å². The topological polar surface area (TPSA) is 71.7 Å². The molecule has 0 amide bonds. The second-order valence-electron chi connectivity index (χ2n) is 3.71. The lowest BCUT2D eigenvalue weighted by atomic mass is 10.3. The van der Waals surface area contributed by atoms with E-state index < -0.39 is 5.82 Å². The highest BCUT2D eigenvalue weighted by atomic mass is 35.5. The average Bonchev–Trinajstić information content (AvgIpc) is 2.36. The molecule has 0 aliphatic rings. The molecule has 1 aromatic rings. The van der Waals surface area contributed by atoms with Crippen LogP contribution >= 0.6 is 11.6 Å². The molecule has 1 aromatic carbocycles. The summed E-state index contributed by atoms with van der Waals surface area (Å²) in [4.78, 5) is 4.19. The number of aliphatic imine (C=N–C) groups is 1. The number of benzene rings is 1. The fourth-order valence-corrected chi connectivity index (χ4v) is 1.61. The molecule has 7 heteroatoms. The van der Waals surface area contributed by atoms with E-state index in [-0.39, 0.29) is 0 Å². The van der Waals surface area contributed by atoms with E-state index in [1.807, 2.05) is 6.92 Å². The number of guanidine groups is 1. The maximum Gasteiger partial charge on any atom is 0.210 e. The highest BCUT2D eigenvalue weighted by Gasteiger charge is 2.02. The third-order valence-electron chi connectivity index (χ3n) is 2.18. The molecular formula is C12H18ClFN4O. The Morgan fingerprint density at radius 1 is 1.47 bits per heavy atom. The smallest absolute Gasteiger partial charge is 0.210 e. The predicted octanol–water partition coefficient (Wildman–Crippen LogP) is 2.14. The van der Waals surface area contributed by atoms with E-state index in [4.69, 9.17) is 22.2 Å². The fraction of sp³-hybridized carbons (Fsp3) is 0.417. The molecule has 0 heterocycles. The highest BCUT2D eigenvalue weighted by molar-refractivity contribution is 6.30. The van der Waals surface area contributed by atoms with Crippen molar-refractivity contribution in [2.75, 3.05) is 25.1 Å². The van der Waals surface area contributed by atoms with Crippen molar-refractivity contribution in [3.05, 3.63) is 29.0 Å². The molecule has 106 valence electrons. The number of anilines is 1. The molecule has 0 aliphatic carbocycles. The second kappa shape index (κ2) is 8.68. The number of hydrazine groups is 1. The summed E-state index contributed by atoms with van der Waals surface area (Å²) in [6, 6.07) is 4.11. The van der Waals surface area contributed by atoms with Crippen LogP contribution in [0.2, 0.25) is 5.02 Å². The Morgan fingerprint density at radius 3 is 2.89 bits per heavy atom. The van der Waals surface area contributed by atoms with Gasteiger partial charge in [0, 0.05) is 30.5 Å². The quantitative estimate of drug-likeness (QED) is 0.247. The zero-order chi connectivity index (χ0) is 14.1. The molecule has 0 aliphatic heterocycles. The van der Waals surface area contributed by atoms with Gasteiger partial charge in [0.2, 0.25) is 5.96 Å². The molecule has 5 nitrogen and oxygen atoms in total. The number of nitrogens with zero attached hydrogens (tertiary/aromatic N) is 1. The number of ether oxygens (including phenoxy) is 1. The molecule has 0 atom stereocenters. The Morgan fingerprint density at radius 2 is 2.26 bits per heavy atom. The third kappa shape index (κ3) is 6.37. The number of hydrogen-bond donors (Lipinski definition) is 3. The average molecular weight is 289 g/mol. The van der Waals surface area contributed by atoms with Crippen LogP contribution in [0.5, 0.6) is 0 Å². The molecule has 0 saturated carbocycles. The number of hydrogen-bond acceptors (Lipinski definition) is 3. The molecule has 0 bridgehead atoms. The lowest BCUT2D eigenvalue weighted by molar-refractivity contribution is 0.146. The van der Waals surface area contributed by atoms with E-state index in [1.54, 1.807) is 6.07 Å². The van der Waals surface area contributed by atoms with Gasteiger partial charge in [-0.1, -0.05) is 11.6 Å². The molecule has 0 saturated heterocycles. The van der Waals surface area contributed by atoms with Gasteiger partial charge >= 0.3 is 0 Å². The van der Waals surface area contributed by atoms with E-state index in [0.717, 1.165) is 6.42 Å². The van der Waals surface area contributed by atoms with Crippen molar-refractivity contribution in [2.45, 2.75) is 13.3 Å². The van der Waals surface area contributed by atoms with Crippen LogP contribution in [0.3, 0.4) is 0 Å². The lowest BCUT2D eigenvalue weighted by Crippen LogP contribution is -2.36. The molecule has 0 fully saturated rings. The van der Waals surface area contributed by atoms with E-state index in [0.29, 0.717) is 36.4 Å². The van der Waals surface area contributed by atoms with Crippen LogP contribution in [0.25, 0.3) is 0 Å². The summed E-state index contributed by atoms with van der Waals surface area (Å²) in [7, 11) is 0. The summed E-state index contributed by atoms with van der Waals surface area (Å²) in [6.07, 6.45) is 0.782. The molecule has 1 rings (SSSR count). The molecule has 0 radical (unpaired) electrons. The third-order valence-corrected chi connectivity index (χ3v) is 2.40. The van der Waals surface area contributed by atoms with Gasteiger partial charge in [0.1, 0.15) is 5.82 Å². The Labute approximate surface area is 117 Å². The number of rotatable bonds is 6. The van der Waals surface area contributed by atoms with Crippen molar-refractivity contribution >= 4 is 23.2 Å². The van der Waals surface area contributed by atoms with Crippen molar-refractivity contribution < 1.29 is 9.13 Å². The lowest BCUT2D eigenvalue weighted by Gasteiger charge is -2.09. The van der Waals surface area contributed by atoms with Crippen LogP contribution in [-0.2, 0) is 4.74 Å². The molecule has 4 N–H and O–H groups in total. The summed E-state index contributed by atoms with van der Waals surface area (Å²) in [5.74, 6) is 5.25. The van der Waals surface area contributed by atoms with Crippen molar-refractivity contribution in [3.8, 4) is 0 Å². The summed E-state index contributed by atoms with van der Waals surface area (Å²) in [5, 5.41) is 3.15. The van der Waals surface area contributed by atoms with Gasteiger partial charge in [-0.25, -0.2) is 10.2 Å². The first-order valence-corrected chi connectivity index (χ1v) is 6.35. The standard InChI is InChI=1S/C12H18ClFN4O/c1-2-19-5-3-4-16-12(18-15)17-11-7-9(13)6-10(14)8-11/h6-8H,2-5,15H2,1H3,(H2,16,17,18). The highest BCUT2D eigenvalue weighted by Crippen LogP contribution is 2.17. The van der Waals surface area contributed by atoms with Gasteiger partial charge in [-0.05, 0) is 31.5 Å². The summed E-state index contributed by atoms with van der Waals surface area (Å²) in [6.45, 7) is 3.82. The van der Waals surface area contributed by atoms with Gasteiger partial charge in [-0.2, -0.15) is 0 Å². The monoisotopic (exact) mass is 288 g/mol. The van der Waals surface area contributed by atoms with Gasteiger partial charge < -0.3 is 10.1 Å². The first-order chi connectivity index (χ1) is 9.15. The van der Waals surface area contributed by atoms with Crippen molar-refractivity contribution in [1.82, 2.24) is 5.43 Å². The molecule has 0 unspecified atom stereocenters. The SMILES string of the molecule is CCOCCCN=C(NN)Nc1cc(F)cc(Cl)c1. The molecular weight excluding hydrogens is 271 g/mol. The fourth-order valence-electron chi connectivity index (χ4n) is 1.39. The van der Waals surface area contributed by atoms with Gasteiger partial charge in [0.15, 0.2) is 0 Å². The summed E-state index contributed by atoms with van der Waals surface area (Å²) in [5.41, 5.74) is 2.89. The molecule has 0 aromatic heterocycles. The van der Waals surface area contributed by atoms with Crippen LogP contribution in [0, 0.1) is 5.82 Å². The second-order valence-corrected chi connectivity index (χ2v) is 4.14. The van der Waals surface area contributed by atoms with E-state index in [2.05, 4.69) is 15.7 Å².